The first kappa shape index (κ1) is 19.3. The van der Waals surface area contributed by atoms with Gasteiger partial charge in [0, 0.05) is 19.1 Å². The van der Waals surface area contributed by atoms with Gasteiger partial charge in [-0.2, -0.15) is 0 Å². The summed E-state index contributed by atoms with van der Waals surface area (Å²) in [5.74, 6) is 0.223. The number of carbonyl (C=O) groups is 1. The van der Waals surface area contributed by atoms with Crippen molar-refractivity contribution in [2.45, 2.75) is 25.9 Å². The van der Waals surface area contributed by atoms with Crippen LogP contribution in [-0.4, -0.2) is 45.4 Å². The third kappa shape index (κ3) is 4.99. The Morgan fingerprint density at radius 1 is 1.38 bits per heavy atom. The molecule has 134 valence electrons. The van der Waals surface area contributed by atoms with E-state index in [1.54, 1.807) is 32.2 Å². The second kappa shape index (κ2) is 8.90. The molecule has 1 amide bonds. The molecule has 1 aliphatic heterocycles. The zero-order chi connectivity index (χ0) is 17.6. The lowest BCUT2D eigenvalue weighted by atomic mass is 9.79. The summed E-state index contributed by atoms with van der Waals surface area (Å²) < 4.78 is 11.0. The highest BCUT2D eigenvalue weighted by Crippen LogP contribution is 2.32. The topological polar surface area (TPSA) is 59.6 Å². The fraction of sp³-hybridized carbons (Fsp3) is 0.588. The number of piperidine rings is 1. The Morgan fingerprint density at radius 3 is 2.75 bits per heavy atom. The van der Waals surface area contributed by atoms with Gasteiger partial charge in [-0.25, -0.2) is 0 Å². The average molecular weight is 375 g/mol. The van der Waals surface area contributed by atoms with E-state index in [0.29, 0.717) is 28.9 Å². The summed E-state index contributed by atoms with van der Waals surface area (Å²) in [5, 5.41) is 7.03. The number of carbonyl (C=O) groups excluding carboxylic acids is 1. The number of rotatable bonds is 7. The largest absolute Gasteiger partial charge is 0.479 e. The molecule has 24 heavy (non-hydrogen) atoms. The van der Waals surface area contributed by atoms with Crippen LogP contribution in [0.25, 0.3) is 0 Å². The molecule has 0 spiro atoms. The van der Waals surface area contributed by atoms with E-state index in [1.165, 1.54) is 0 Å². The molecular formula is C17H24Cl2N2O3. The summed E-state index contributed by atoms with van der Waals surface area (Å²) in [5.41, 5.74) is -0.0247. The van der Waals surface area contributed by atoms with Crippen molar-refractivity contribution in [2.75, 3.05) is 33.4 Å². The van der Waals surface area contributed by atoms with E-state index < -0.39 is 6.10 Å². The summed E-state index contributed by atoms with van der Waals surface area (Å²) in [6.07, 6.45) is 1.27. The Hall–Kier alpha value is -1.01. The number of hydrogen-bond acceptors (Lipinski definition) is 4. The number of amides is 1. The third-order valence-electron chi connectivity index (χ3n) is 4.34. The Morgan fingerprint density at radius 2 is 2.08 bits per heavy atom. The van der Waals surface area contributed by atoms with Crippen molar-refractivity contribution in [2.24, 2.45) is 5.41 Å². The van der Waals surface area contributed by atoms with Crippen LogP contribution >= 0.6 is 23.2 Å². The second-order valence-corrected chi connectivity index (χ2v) is 7.00. The highest BCUT2D eigenvalue weighted by atomic mass is 35.5. The van der Waals surface area contributed by atoms with Gasteiger partial charge in [0.2, 0.25) is 0 Å². The van der Waals surface area contributed by atoms with Gasteiger partial charge in [-0.3, -0.25) is 4.79 Å². The minimum Gasteiger partial charge on any atom is -0.479 e. The van der Waals surface area contributed by atoms with Crippen LogP contribution in [0.4, 0.5) is 0 Å². The Kier molecular flexibility index (Phi) is 7.16. The summed E-state index contributed by atoms with van der Waals surface area (Å²) in [7, 11) is 1.69. The van der Waals surface area contributed by atoms with Crippen LogP contribution < -0.4 is 15.4 Å². The van der Waals surface area contributed by atoms with Crippen molar-refractivity contribution in [3.05, 3.63) is 28.2 Å². The zero-order valence-electron chi connectivity index (χ0n) is 14.0. The maximum absolute atomic E-state index is 12.4. The van der Waals surface area contributed by atoms with E-state index >= 15 is 0 Å². The van der Waals surface area contributed by atoms with Gasteiger partial charge < -0.3 is 20.1 Å². The molecule has 2 rings (SSSR count). The normalized spacial score (nSPS) is 18.0. The van der Waals surface area contributed by atoms with Crippen LogP contribution in [0.2, 0.25) is 10.0 Å². The lowest BCUT2D eigenvalue weighted by molar-refractivity contribution is -0.128. The fourth-order valence-corrected chi connectivity index (χ4v) is 3.21. The molecule has 1 fully saturated rings. The molecule has 1 aliphatic rings. The molecule has 0 radical (unpaired) electrons. The highest BCUT2D eigenvalue weighted by Gasteiger charge is 2.33. The Balaban J connectivity index is 1.92. The molecule has 0 saturated carbocycles. The molecule has 2 N–H and O–H groups in total. The van der Waals surface area contributed by atoms with E-state index in [2.05, 4.69) is 10.6 Å². The second-order valence-electron chi connectivity index (χ2n) is 6.21. The van der Waals surface area contributed by atoms with E-state index in [9.17, 15) is 4.79 Å². The number of halogens is 2. The first-order chi connectivity index (χ1) is 11.5. The quantitative estimate of drug-likeness (QED) is 0.770. The van der Waals surface area contributed by atoms with Gasteiger partial charge in [-0.15, -0.1) is 0 Å². The van der Waals surface area contributed by atoms with Crippen LogP contribution in [-0.2, 0) is 9.53 Å². The first-order valence-corrected chi connectivity index (χ1v) is 8.81. The number of benzene rings is 1. The van der Waals surface area contributed by atoms with Crippen molar-refractivity contribution < 1.29 is 14.3 Å². The van der Waals surface area contributed by atoms with Gasteiger partial charge in [0.1, 0.15) is 10.8 Å². The SMILES string of the molecule is COCC1(CNC(=O)C(C)Oc2cccc(Cl)c2Cl)CCNCC1. The number of ether oxygens (including phenoxy) is 2. The van der Waals surface area contributed by atoms with Gasteiger partial charge >= 0.3 is 0 Å². The average Bonchev–Trinajstić information content (AvgIpc) is 2.58. The van der Waals surface area contributed by atoms with Crippen molar-refractivity contribution in [1.29, 1.82) is 0 Å². The lowest BCUT2D eigenvalue weighted by Crippen LogP contribution is -2.49. The molecule has 1 aromatic rings. The van der Waals surface area contributed by atoms with Crippen molar-refractivity contribution in [3.8, 4) is 5.75 Å². The molecule has 0 aromatic heterocycles. The minimum atomic E-state index is -0.665. The molecule has 1 saturated heterocycles. The monoisotopic (exact) mass is 374 g/mol. The van der Waals surface area contributed by atoms with Crippen LogP contribution in [0.3, 0.4) is 0 Å². The molecular weight excluding hydrogens is 351 g/mol. The van der Waals surface area contributed by atoms with Crippen molar-refractivity contribution in [3.63, 3.8) is 0 Å². The fourth-order valence-electron chi connectivity index (χ4n) is 2.87. The molecule has 1 heterocycles. The summed E-state index contributed by atoms with van der Waals surface area (Å²) >= 11 is 12.1. The molecule has 7 heteroatoms. The van der Waals surface area contributed by atoms with Crippen molar-refractivity contribution >= 4 is 29.1 Å². The number of hydrogen-bond donors (Lipinski definition) is 2. The summed E-state index contributed by atoms with van der Waals surface area (Å²) in [6.45, 7) is 4.76. The molecule has 5 nitrogen and oxygen atoms in total. The van der Waals surface area contributed by atoms with Gasteiger partial charge in [0.25, 0.3) is 5.91 Å². The molecule has 0 aliphatic carbocycles. The van der Waals surface area contributed by atoms with Crippen LogP contribution in [0.5, 0.6) is 5.75 Å². The molecule has 1 aromatic carbocycles. The first-order valence-electron chi connectivity index (χ1n) is 8.05. The zero-order valence-corrected chi connectivity index (χ0v) is 15.5. The molecule has 0 bridgehead atoms. The minimum absolute atomic E-state index is 0.0247. The number of methoxy groups -OCH3 is 1. The van der Waals surface area contributed by atoms with Gasteiger partial charge in [-0.05, 0) is 45.0 Å². The van der Waals surface area contributed by atoms with E-state index in [0.717, 1.165) is 25.9 Å². The van der Waals surface area contributed by atoms with Gasteiger partial charge in [0.15, 0.2) is 6.10 Å². The molecule has 1 unspecified atom stereocenters. The summed E-state index contributed by atoms with van der Waals surface area (Å²) in [6, 6.07) is 5.10. The lowest BCUT2D eigenvalue weighted by Gasteiger charge is -2.37. The Bertz CT molecular complexity index is 557. The number of nitrogens with one attached hydrogen (secondary N) is 2. The van der Waals surface area contributed by atoms with E-state index in [1.807, 2.05) is 0 Å². The highest BCUT2D eigenvalue weighted by molar-refractivity contribution is 6.42. The Labute approximate surface area is 153 Å². The maximum atomic E-state index is 12.4. The van der Waals surface area contributed by atoms with Crippen LogP contribution in [0.15, 0.2) is 18.2 Å². The van der Waals surface area contributed by atoms with E-state index in [-0.39, 0.29) is 11.3 Å². The van der Waals surface area contributed by atoms with Crippen LogP contribution in [0.1, 0.15) is 19.8 Å². The van der Waals surface area contributed by atoms with Gasteiger partial charge in [0.05, 0.1) is 11.6 Å². The standard InChI is InChI=1S/C17H24Cl2N2O3/c1-12(24-14-5-3-4-13(18)15(14)19)16(22)21-10-17(11-23-2)6-8-20-9-7-17/h3-5,12,20H,6-11H2,1-2H3,(H,21,22). The smallest absolute Gasteiger partial charge is 0.260 e. The predicted molar refractivity (Wildman–Crippen MR) is 96.0 cm³/mol. The third-order valence-corrected chi connectivity index (χ3v) is 5.14. The summed E-state index contributed by atoms with van der Waals surface area (Å²) in [4.78, 5) is 12.4. The van der Waals surface area contributed by atoms with E-state index in [4.69, 9.17) is 32.7 Å². The maximum Gasteiger partial charge on any atom is 0.260 e. The van der Waals surface area contributed by atoms with Gasteiger partial charge in [-0.1, -0.05) is 29.3 Å². The predicted octanol–water partition coefficient (Wildman–Crippen LogP) is 2.89. The van der Waals surface area contributed by atoms with Crippen molar-refractivity contribution in [1.82, 2.24) is 10.6 Å². The van der Waals surface area contributed by atoms with Crippen LogP contribution in [0, 0.1) is 5.41 Å². The molecule has 1 atom stereocenters.